The molecule has 0 amide bonds. The second kappa shape index (κ2) is 6.43. The minimum atomic E-state index is -0.962. The fraction of sp³-hybridized carbons (Fsp3) is 0.850. The summed E-state index contributed by atoms with van der Waals surface area (Å²) in [5, 5.41) is 19.7. The number of thioether (sulfide) groups is 1. The van der Waals surface area contributed by atoms with E-state index in [1.807, 2.05) is 0 Å². The highest BCUT2D eigenvalue weighted by Gasteiger charge is 2.99. The van der Waals surface area contributed by atoms with Crippen LogP contribution in [0.3, 0.4) is 0 Å². The lowest BCUT2D eigenvalue weighted by Gasteiger charge is -2.32. The first-order valence-electron chi connectivity index (χ1n) is 10.1. The van der Waals surface area contributed by atoms with Crippen LogP contribution in [0.25, 0.3) is 0 Å². The van der Waals surface area contributed by atoms with Gasteiger partial charge in [0, 0.05) is 11.2 Å². The van der Waals surface area contributed by atoms with Crippen LogP contribution in [-0.2, 0) is 4.74 Å². The molecule has 4 rings (SSSR count). The van der Waals surface area contributed by atoms with Crippen molar-refractivity contribution in [2.75, 3.05) is 12.4 Å². The van der Waals surface area contributed by atoms with Gasteiger partial charge in [-0.25, -0.2) is 4.99 Å². The normalized spacial score (nSPS) is 42.2. The quantitative estimate of drug-likeness (QED) is 0.690. The molecule has 0 unspecified atom stereocenters. The number of rotatable bonds is 0. The molecular formula is C20H28N4OS. The van der Waals surface area contributed by atoms with E-state index < -0.39 is 21.3 Å². The largest absolute Gasteiger partial charge is 0.386 e. The molecule has 0 aromatic heterocycles. The molecule has 140 valence electrons. The van der Waals surface area contributed by atoms with Gasteiger partial charge in [-0.1, -0.05) is 69.5 Å². The van der Waals surface area contributed by atoms with Crippen molar-refractivity contribution in [3.63, 3.8) is 0 Å². The first-order valence-corrected chi connectivity index (χ1v) is 11.1. The Balaban J connectivity index is 1.74. The summed E-state index contributed by atoms with van der Waals surface area (Å²) >= 11 is 1.58. The average molecular weight is 373 g/mol. The zero-order valence-corrected chi connectivity index (χ0v) is 16.2. The van der Waals surface area contributed by atoms with Crippen LogP contribution in [0.2, 0.25) is 0 Å². The summed E-state index contributed by atoms with van der Waals surface area (Å²) in [5.74, 6) is 1.15. The molecule has 2 aliphatic heterocycles. The van der Waals surface area contributed by atoms with E-state index >= 15 is 0 Å². The Kier molecular flexibility index (Phi) is 4.48. The zero-order chi connectivity index (χ0) is 18.3. The van der Waals surface area contributed by atoms with Crippen LogP contribution >= 0.6 is 11.8 Å². The van der Waals surface area contributed by atoms with E-state index in [1.165, 1.54) is 44.9 Å². The van der Waals surface area contributed by atoms with Gasteiger partial charge in [0.25, 0.3) is 0 Å². The van der Waals surface area contributed by atoms with Gasteiger partial charge in [-0.15, -0.1) is 0 Å². The average Bonchev–Trinajstić information content (AvgIpc) is 2.87. The number of fused-ring (bicyclic) bond motifs is 4. The van der Waals surface area contributed by atoms with E-state index in [0.717, 1.165) is 31.4 Å². The molecular weight excluding hydrogens is 344 g/mol. The van der Waals surface area contributed by atoms with Crippen LogP contribution in [0.15, 0.2) is 4.99 Å². The number of nitrogens with zero attached hydrogens (tertiary/aromatic N) is 3. The molecule has 26 heavy (non-hydrogen) atoms. The summed E-state index contributed by atoms with van der Waals surface area (Å²) in [7, 11) is 0. The van der Waals surface area contributed by atoms with Crippen molar-refractivity contribution in [1.82, 2.24) is 0 Å². The van der Waals surface area contributed by atoms with Gasteiger partial charge in [0.15, 0.2) is 5.41 Å². The van der Waals surface area contributed by atoms with E-state index in [-0.39, 0.29) is 0 Å². The van der Waals surface area contributed by atoms with E-state index in [2.05, 4.69) is 17.1 Å². The molecule has 0 aromatic rings. The maximum Gasteiger partial charge on any atom is 0.230 e. The van der Waals surface area contributed by atoms with Crippen LogP contribution in [-0.4, -0.2) is 23.3 Å². The number of hydrogen-bond donors (Lipinski definition) is 1. The molecule has 5 nitrogen and oxygen atoms in total. The number of hydrogen-bond acceptors (Lipinski definition) is 6. The highest BCUT2D eigenvalue weighted by atomic mass is 32.2. The van der Waals surface area contributed by atoms with Crippen molar-refractivity contribution in [3.8, 4) is 12.1 Å². The summed E-state index contributed by atoms with van der Waals surface area (Å²) in [6, 6.07) is 5.09. The molecule has 6 heteroatoms. The summed E-state index contributed by atoms with van der Waals surface area (Å²) in [6.07, 6.45) is 12.6. The fourth-order valence-electron chi connectivity index (χ4n) is 6.15. The van der Waals surface area contributed by atoms with E-state index in [4.69, 9.17) is 10.5 Å². The summed E-state index contributed by atoms with van der Waals surface area (Å²) in [4.78, 5) is 4.61. The second-order valence-corrected chi connectivity index (χ2v) is 9.51. The van der Waals surface area contributed by atoms with Crippen molar-refractivity contribution < 1.29 is 4.74 Å². The Morgan fingerprint density at radius 3 is 1.96 bits per heavy atom. The van der Waals surface area contributed by atoms with Crippen LogP contribution in [0.1, 0.15) is 70.6 Å². The summed E-state index contributed by atoms with van der Waals surface area (Å²) < 4.78 is 6.07. The predicted molar refractivity (Wildman–Crippen MR) is 102 cm³/mol. The van der Waals surface area contributed by atoms with Crippen molar-refractivity contribution in [1.29, 1.82) is 10.5 Å². The van der Waals surface area contributed by atoms with E-state index in [0.29, 0.717) is 12.4 Å². The highest BCUT2D eigenvalue weighted by Crippen LogP contribution is 2.90. The van der Waals surface area contributed by atoms with Gasteiger partial charge in [0.1, 0.15) is 11.3 Å². The number of ether oxygens (including phenoxy) is 1. The monoisotopic (exact) mass is 372 g/mol. The number of nitrogens with two attached hydrogens (primary N) is 1. The maximum absolute atomic E-state index is 10.4. The van der Waals surface area contributed by atoms with Gasteiger partial charge in [-0.2, -0.15) is 10.5 Å². The second-order valence-electron chi connectivity index (χ2n) is 8.26. The van der Waals surface area contributed by atoms with Gasteiger partial charge < -0.3 is 10.5 Å². The minimum absolute atomic E-state index is 0.350. The van der Waals surface area contributed by atoms with Gasteiger partial charge in [0.2, 0.25) is 5.06 Å². The van der Waals surface area contributed by atoms with Crippen molar-refractivity contribution in [2.24, 2.45) is 27.0 Å². The predicted octanol–water partition coefficient (Wildman–Crippen LogP) is 4.10. The third-order valence-electron chi connectivity index (χ3n) is 7.28. The van der Waals surface area contributed by atoms with Gasteiger partial charge in [0.05, 0.1) is 18.7 Å². The molecule has 2 N–H and O–H groups in total. The summed E-state index contributed by atoms with van der Waals surface area (Å²) in [5.41, 5.74) is 4.11. The Labute approximate surface area is 160 Å². The lowest BCUT2D eigenvalue weighted by molar-refractivity contribution is 0.00471. The first kappa shape index (κ1) is 18.1. The van der Waals surface area contributed by atoms with Crippen LogP contribution in [0.4, 0.5) is 0 Å². The molecule has 0 aromatic carbocycles. The summed E-state index contributed by atoms with van der Waals surface area (Å²) in [6.45, 7) is 0.572. The molecule has 4 aliphatic rings. The van der Waals surface area contributed by atoms with Crippen LogP contribution < -0.4 is 5.73 Å². The molecule has 3 fully saturated rings. The van der Waals surface area contributed by atoms with Gasteiger partial charge in [-0.05, 0) is 12.8 Å². The fourth-order valence-corrected chi connectivity index (χ4v) is 7.54. The number of aliphatic imine (C=N–C) groups is 1. The zero-order valence-electron chi connectivity index (χ0n) is 15.4. The van der Waals surface area contributed by atoms with E-state index in [1.54, 1.807) is 11.8 Å². The Morgan fingerprint density at radius 2 is 1.50 bits per heavy atom. The highest BCUT2D eigenvalue weighted by molar-refractivity contribution is 8.00. The van der Waals surface area contributed by atoms with Crippen molar-refractivity contribution >= 4 is 17.6 Å². The molecule has 2 spiro atoms. The third kappa shape index (κ3) is 1.93. The molecule has 2 aliphatic carbocycles. The third-order valence-corrected chi connectivity index (χ3v) is 8.56. The molecule has 2 heterocycles. The number of nitriles is 2. The molecule has 1 saturated heterocycles. The molecule has 0 bridgehead atoms. The molecule has 3 atom stereocenters. The lowest BCUT2D eigenvalue weighted by Crippen LogP contribution is -2.37. The topological polar surface area (TPSA) is 95.2 Å². The van der Waals surface area contributed by atoms with Crippen LogP contribution in [0.5, 0.6) is 0 Å². The van der Waals surface area contributed by atoms with Gasteiger partial charge >= 0.3 is 0 Å². The Hall–Kier alpha value is -1.24. The Bertz CT molecular complexity index is 675. The lowest BCUT2D eigenvalue weighted by atomic mass is 9.80. The first-order chi connectivity index (χ1) is 12.7. The van der Waals surface area contributed by atoms with Crippen LogP contribution in [0, 0.1) is 38.9 Å². The standard InChI is InChI=1S/C20H28N4OS/c21-14-18-16(23)24-20(25-12-13-26-20)19(18,15-22)17(18)10-8-6-4-2-1-3-5-7-9-11-17/h1-13H2,(H2,23,24)/t18-,19+,20+/m0/s1. The molecule has 0 radical (unpaired) electrons. The smallest absolute Gasteiger partial charge is 0.230 e. The van der Waals surface area contributed by atoms with Crippen molar-refractivity contribution in [3.05, 3.63) is 0 Å². The Morgan fingerprint density at radius 1 is 0.923 bits per heavy atom. The molecule has 2 saturated carbocycles. The van der Waals surface area contributed by atoms with Gasteiger partial charge in [-0.3, -0.25) is 0 Å². The maximum atomic E-state index is 10.4. The van der Waals surface area contributed by atoms with E-state index in [9.17, 15) is 10.5 Å². The van der Waals surface area contributed by atoms with Crippen molar-refractivity contribution in [2.45, 2.75) is 75.7 Å². The minimum Gasteiger partial charge on any atom is -0.386 e. The SMILES string of the molecule is N#C[C@@]12C3(CCCCCCCCCCC3)[C@]1(C#N)C(N)=N[C@@]21OCCS1. The number of amidine groups is 1.